The number of hydrogen-bond donors (Lipinski definition) is 3. The first-order valence-electron chi connectivity index (χ1n) is 26.7. The highest BCUT2D eigenvalue weighted by atomic mass is 31.2. The van der Waals surface area contributed by atoms with Crippen LogP contribution in [0.15, 0.2) is 47.6 Å². The third kappa shape index (κ3) is 15.9. The first kappa shape index (κ1) is 61.6. The van der Waals surface area contributed by atoms with Crippen molar-refractivity contribution >= 4 is 36.8 Å². The maximum Gasteiger partial charge on any atom is 0.329 e. The summed E-state index contributed by atoms with van der Waals surface area (Å²) in [4.78, 5) is 72.9. The van der Waals surface area contributed by atoms with Gasteiger partial charge in [0.2, 0.25) is 5.79 Å². The van der Waals surface area contributed by atoms with Gasteiger partial charge in [-0.2, -0.15) is 0 Å². The van der Waals surface area contributed by atoms with Gasteiger partial charge in [0.15, 0.2) is 5.78 Å². The molecule has 0 radical (unpaired) electrons. The van der Waals surface area contributed by atoms with Gasteiger partial charge in [0.25, 0.3) is 11.7 Å². The zero-order valence-corrected chi connectivity index (χ0v) is 46.3. The summed E-state index contributed by atoms with van der Waals surface area (Å²) >= 11 is 0. The number of aliphatic hydroxyl groups excluding tert-OH is 2. The number of esters is 1. The number of hydrogen-bond acceptors (Lipinski definition) is 17. The van der Waals surface area contributed by atoms with Crippen LogP contribution >= 0.6 is 7.60 Å². The monoisotopic (exact) mass is 1060 g/mol. The maximum atomic E-state index is 14.6. The van der Waals surface area contributed by atoms with E-state index in [1.165, 1.54) is 18.7 Å². The first-order chi connectivity index (χ1) is 35.1. The Morgan fingerprint density at radius 1 is 0.851 bits per heavy atom. The SMILES string of the molecule is COC1CC(CC2[C@H]3CCCN4C(=O)C(=O)C5(O)O[C@@H](CCC5C)C[C@H](OC)/C(C)=C/C=C/C=C/[C@@H](C)CC(C)C(=O)[C@H](OC)C(O)/C(C)=C/C(C)C(=O)C[C@@H]2OC(=O)C34)CC[C@H]1OP(C)(=O)OCCOCCO. The highest BCUT2D eigenvalue weighted by Gasteiger charge is 2.57. The number of allylic oxidation sites excluding steroid dienone is 6. The fraction of sp³-hybridized carbons (Fsp3) is 0.764. The molecule has 5 rings (SSSR count). The Kier molecular flexibility index (Phi) is 23.6. The molecule has 4 fully saturated rings. The predicted octanol–water partition coefficient (Wildman–Crippen LogP) is 6.27. The average molecular weight is 1060 g/mol. The van der Waals surface area contributed by atoms with Crippen LogP contribution in [-0.4, -0.2) is 165 Å². The van der Waals surface area contributed by atoms with E-state index in [1.54, 1.807) is 48.0 Å². The van der Waals surface area contributed by atoms with Gasteiger partial charge >= 0.3 is 13.6 Å². The maximum absolute atomic E-state index is 14.6. The van der Waals surface area contributed by atoms with Crippen molar-refractivity contribution in [3.8, 4) is 0 Å². The molecule has 5 aliphatic rings. The second-order valence-corrected chi connectivity index (χ2v) is 23.5. The quantitative estimate of drug-likeness (QED) is 0.0605. The van der Waals surface area contributed by atoms with E-state index in [-0.39, 0.29) is 62.8 Å². The van der Waals surface area contributed by atoms with Gasteiger partial charge in [-0.15, -0.1) is 0 Å². The Morgan fingerprint density at radius 3 is 2.28 bits per heavy atom. The molecule has 10 unspecified atom stereocenters. The molecule has 418 valence electrons. The van der Waals surface area contributed by atoms with Crippen LogP contribution in [-0.2, 0) is 66.0 Å². The predicted molar refractivity (Wildman–Crippen MR) is 275 cm³/mol. The molecule has 0 aromatic rings. The molecule has 19 heteroatoms. The van der Waals surface area contributed by atoms with Gasteiger partial charge in [-0.1, -0.05) is 64.2 Å². The molecule has 18 nitrogen and oxygen atoms in total. The van der Waals surface area contributed by atoms with Gasteiger partial charge < -0.3 is 57.7 Å². The van der Waals surface area contributed by atoms with Crippen LogP contribution in [0.3, 0.4) is 0 Å². The van der Waals surface area contributed by atoms with Crippen LogP contribution in [0.4, 0.5) is 0 Å². The number of ketones is 3. The Bertz CT molecular complexity index is 2090. The fourth-order valence-electron chi connectivity index (χ4n) is 11.7. The summed E-state index contributed by atoms with van der Waals surface area (Å²) in [5, 5.41) is 32.6. The number of nitrogens with zero attached hydrogens (tertiary/aromatic N) is 1. The van der Waals surface area contributed by atoms with E-state index >= 15 is 0 Å². The molecular formula is C55H86NO17P. The van der Waals surface area contributed by atoms with E-state index in [9.17, 15) is 38.8 Å². The zero-order valence-electron chi connectivity index (χ0n) is 45.4. The van der Waals surface area contributed by atoms with Crippen molar-refractivity contribution in [1.29, 1.82) is 0 Å². The molecule has 17 atom stereocenters. The highest BCUT2D eigenvalue weighted by Crippen LogP contribution is 2.50. The summed E-state index contributed by atoms with van der Waals surface area (Å²) in [5.74, 6) is -9.05. The van der Waals surface area contributed by atoms with Crippen LogP contribution in [0.1, 0.15) is 112 Å². The number of rotatable bonds is 13. The number of amides is 1. The molecule has 1 saturated carbocycles. The fourth-order valence-corrected chi connectivity index (χ4v) is 12.9. The van der Waals surface area contributed by atoms with Crippen LogP contribution in [0.2, 0.25) is 0 Å². The average Bonchev–Trinajstić information content (AvgIpc) is 3.36. The summed E-state index contributed by atoms with van der Waals surface area (Å²) in [6.07, 6.45) is 9.89. The van der Waals surface area contributed by atoms with Crippen molar-refractivity contribution in [2.45, 2.75) is 167 Å². The number of carbonyl (C=O) groups is 5. The minimum Gasteiger partial charge on any atom is -0.460 e. The summed E-state index contributed by atoms with van der Waals surface area (Å²) in [7, 11) is 0.945. The first-order valence-corrected chi connectivity index (χ1v) is 28.7. The lowest BCUT2D eigenvalue weighted by Crippen LogP contribution is -2.65. The van der Waals surface area contributed by atoms with Crippen LogP contribution in [0.5, 0.6) is 0 Å². The largest absolute Gasteiger partial charge is 0.460 e. The summed E-state index contributed by atoms with van der Waals surface area (Å²) < 4.78 is 60.1. The van der Waals surface area contributed by atoms with Crippen molar-refractivity contribution < 1.29 is 81.3 Å². The Morgan fingerprint density at radius 2 is 1.59 bits per heavy atom. The van der Waals surface area contributed by atoms with Gasteiger partial charge in [0, 0.05) is 71.1 Å². The van der Waals surface area contributed by atoms with Gasteiger partial charge in [0.1, 0.15) is 30.1 Å². The normalized spacial score (nSPS) is 39.8. The van der Waals surface area contributed by atoms with Crippen molar-refractivity contribution in [2.75, 3.05) is 61.0 Å². The van der Waals surface area contributed by atoms with Crippen molar-refractivity contribution in [3.63, 3.8) is 0 Å². The Labute approximate surface area is 438 Å². The summed E-state index contributed by atoms with van der Waals surface area (Å²) in [5.41, 5.74) is 1.23. The topological polar surface area (TPSA) is 240 Å². The van der Waals surface area contributed by atoms with Crippen molar-refractivity contribution in [1.82, 2.24) is 4.90 Å². The molecule has 4 aliphatic heterocycles. The lowest BCUT2D eigenvalue weighted by molar-refractivity contribution is -0.266. The van der Waals surface area contributed by atoms with Gasteiger partial charge in [-0.3, -0.25) is 23.7 Å². The van der Waals surface area contributed by atoms with Gasteiger partial charge in [-0.25, -0.2) is 4.79 Å². The number of methoxy groups -OCH3 is 3. The molecule has 0 aromatic heterocycles. The summed E-state index contributed by atoms with van der Waals surface area (Å²) in [6.45, 7) is 12.2. The third-order valence-electron chi connectivity index (χ3n) is 16.0. The minimum absolute atomic E-state index is 0.000759. The second kappa shape index (κ2) is 28.4. The van der Waals surface area contributed by atoms with E-state index in [2.05, 4.69) is 0 Å². The van der Waals surface area contributed by atoms with Gasteiger partial charge in [0.05, 0.1) is 50.8 Å². The number of piperidine rings is 1. The molecule has 4 bridgehead atoms. The lowest BCUT2D eigenvalue weighted by Gasteiger charge is -2.50. The molecule has 1 amide bonds. The van der Waals surface area contributed by atoms with Crippen LogP contribution in [0.25, 0.3) is 0 Å². The zero-order chi connectivity index (χ0) is 54.5. The molecule has 0 spiro atoms. The molecule has 1 aliphatic carbocycles. The highest BCUT2D eigenvalue weighted by molar-refractivity contribution is 7.53. The number of aliphatic hydroxyl groups is 3. The summed E-state index contributed by atoms with van der Waals surface area (Å²) in [6, 6.07) is -1.19. The van der Waals surface area contributed by atoms with Crippen LogP contribution in [0, 0.1) is 41.4 Å². The van der Waals surface area contributed by atoms with Crippen molar-refractivity contribution in [3.05, 3.63) is 47.6 Å². The standard InChI is InChI=1S/C55H86NO17P/c1-33-15-12-11-13-16-34(2)45(66-7)31-40-20-18-38(6)55(64,72-40)52(61)53(62)56-22-14-17-41-42(29-39-19-21-44(47(30-39)67-8)73-74(10,65)70-26-25-69-24-23-57)46(71-54(63)48(41)56)32-43(58)35(3)28-37(5)50(60)51(68-9)49(59)36(4)27-33/h11-13,15-16,28,33,35-36,38-42,44-48,50-51,57,60,64H,14,17-27,29-32H2,1-10H3/b13-11+,15-12+,34-16+,37-28+/t33-,35?,36?,38?,39?,40+,41-,42?,44-,45+,46+,47?,48?,50?,51+,55?,74?/m1/s1. The van der Waals surface area contributed by atoms with Gasteiger partial charge in [-0.05, 0) is 101 Å². The number of fused-ring (bicyclic) bond motifs is 4. The Hall–Kier alpha value is -3.26. The third-order valence-corrected chi connectivity index (χ3v) is 17.3. The minimum atomic E-state index is -3.54. The molecule has 74 heavy (non-hydrogen) atoms. The second-order valence-electron chi connectivity index (χ2n) is 21.5. The van der Waals surface area contributed by atoms with Crippen LogP contribution < -0.4 is 0 Å². The Balaban J connectivity index is 1.48. The molecule has 0 aromatic carbocycles. The smallest absolute Gasteiger partial charge is 0.329 e. The molecule has 3 N–H and O–H groups in total. The van der Waals surface area contributed by atoms with E-state index in [0.717, 1.165) is 5.57 Å². The number of ether oxygens (including phenoxy) is 6. The molecular weight excluding hydrogens is 978 g/mol. The molecule has 4 heterocycles. The van der Waals surface area contributed by atoms with E-state index < -0.39 is 109 Å². The molecule has 3 saturated heterocycles. The number of carbonyl (C=O) groups excluding carboxylic acids is 5. The van der Waals surface area contributed by atoms with Crippen molar-refractivity contribution in [2.24, 2.45) is 41.4 Å². The van der Waals surface area contributed by atoms with E-state index in [4.69, 9.17) is 42.6 Å². The van der Waals surface area contributed by atoms with E-state index in [1.807, 2.05) is 44.2 Å². The lowest BCUT2D eigenvalue weighted by atomic mass is 9.68. The van der Waals surface area contributed by atoms with E-state index in [0.29, 0.717) is 69.8 Å². The number of Topliss-reactive ketones (excluding diaryl/α,β-unsaturated/α-hetero) is 3.